The molecule has 2 N–H and O–H groups in total. The summed E-state index contributed by atoms with van der Waals surface area (Å²) in [6.45, 7) is -0.648. The third-order valence-corrected chi connectivity index (χ3v) is 2.86. The molecule has 0 aliphatic heterocycles. The number of benzene rings is 1. The zero-order valence-electron chi connectivity index (χ0n) is 9.67. The number of aryl methyl sites for hydroxylation is 1. The molecular weight excluding hydrogens is 247 g/mol. The van der Waals surface area contributed by atoms with E-state index in [2.05, 4.69) is 4.74 Å². The molecule has 0 spiro atoms. The molecule has 18 heavy (non-hydrogen) atoms. The standard InChI is InChI=1S/C12H14F3NO2/c13-12(14,15)18-6-5-17-9-2-3-10-8(7-9)1-4-11(10)16/h2-3,7,11H,1,4-6,16H2. The number of halogens is 3. The van der Waals surface area contributed by atoms with Crippen molar-refractivity contribution in [2.24, 2.45) is 5.73 Å². The minimum Gasteiger partial charge on any atom is -0.491 e. The van der Waals surface area contributed by atoms with Crippen LogP contribution in [0.3, 0.4) is 0 Å². The second kappa shape index (κ2) is 5.16. The largest absolute Gasteiger partial charge is 0.522 e. The number of fused-ring (bicyclic) bond motifs is 1. The van der Waals surface area contributed by atoms with E-state index in [1.165, 1.54) is 0 Å². The van der Waals surface area contributed by atoms with E-state index in [0.717, 1.165) is 24.0 Å². The first kappa shape index (κ1) is 13.2. The molecule has 0 aromatic heterocycles. The first-order chi connectivity index (χ1) is 8.46. The van der Waals surface area contributed by atoms with Gasteiger partial charge in [0.25, 0.3) is 0 Å². The molecule has 1 aliphatic carbocycles. The van der Waals surface area contributed by atoms with Crippen LogP contribution < -0.4 is 10.5 Å². The quantitative estimate of drug-likeness (QED) is 0.847. The molecule has 0 bridgehead atoms. The predicted molar refractivity (Wildman–Crippen MR) is 59.2 cm³/mol. The van der Waals surface area contributed by atoms with Gasteiger partial charge in [0, 0.05) is 6.04 Å². The summed E-state index contributed by atoms with van der Waals surface area (Å²) in [5.74, 6) is 0.550. The number of hydrogen-bond donors (Lipinski definition) is 1. The van der Waals surface area contributed by atoms with Crippen molar-refractivity contribution in [3.05, 3.63) is 29.3 Å². The lowest BCUT2D eigenvalue weighted by Crippen LogP contribution is -2.18. The molecule has 6 heteroatoms. The van der Waals surface area contributed by atoms with E-state index in [0.29, 0.717) is 5.75 Å². The number of alkyl halides is 3. The third-order valence-electron chi connectivity index (χ3n) is 2.86. The van der Waals surface area contributed by atoms with E-state index < -0.39 is 13.0 Å². The van der Waals surface area contributed by atoms with Crippen LogP contribution >= 0.6 is 0 Å². The highest BCUT2D eigenvalue weighted by molar-refractivity contribution is 5.40. The van der Waals surface area contributed by atoms with Crippen LogP contribution in [0, 0.1) is 0 Å². The van der Waals surface area contributed by atoms with Crippen LogP contribution in [0.25, 0.3) is 0 Å². The van der Waals surface area contributed by atoms with Gasteiger partial charge >= 0.3 is 6.36 Å². The molecule has 1 aromatic carbocycles. The Morgan fingerprint density at radius 2 is 2.06 bits per heavy atom. The molecule has 1 unspecified atom stereocenters. The predicted octanol–water partition coefficient (Wildman–Crippen LogP) is 2.55. The number of ether oxygens (including phenoxy) is 2. The molecule has 0 heterocycles. The lowest BCUT2D eigenvalue weighted by atomic mass is 10.1. The molecule has 3 nitrogen and oxygen atoms in total. The van der Waals surface area contributed by atoms with Crippen LogP contribution in [0.2, 0.25) is 0 Å². The van der Waals surface area contributed by atoms with E-state index in [9.17, 15) is 13.2 Å². The summed E-state index contributed by atoms with van der Waals surface area (Å²) < 4.78 is 43.9. The van der Waals surface area contributed by atoms with Gasteiger partial charge < -0.3 is 10.5 Å². The van der Waals surface area contributed by atoms with Gasteiger partial charge in [0.2, 0.25) is 0 Å². The molecule has 1 aliphatic rings. The second-order valence-corrected chi connectivity index (χ2v) is 4.15. The minimum absolute atomic E-state index is 0.0580. The lowest BCUT2D eigenvalue weighted by molar-refractivity contribution is -0.325. The summed E-state index contributed by atoms with van der Waals surface area (Å²) in [5, 5.41) is 0. The Morgan fingerprint density at radius 1 is 1.28 bits per heavy atom. The Bertz CT molecular complexity index is 420. The van der Waals surface area contributed by atoms with Gasteiger partial charge in [0.15, 0.2) is 0 Å². The molecule has 0 saturated carbocycles. The van der Waals surface area contributed by atoms with Crippen LogP contribution in [-0.4, -0.2) is 19.6 Å². The fourth-order valence-corrected chi connectivity index (χ4v) is 2.03. The van der Waals surface area contributed by atoms with Gasteiger partial charge in [0.1, 0.15) is 12.4 Å². The van der Waals surface area contributed by atoms with E-state index in [-0.39, 0.29) is 12.6 Å². The van der Waals surface area contributed by atoms with Gasteiger partial charge in [-0.15, -0.1) is 13.2 Å². The second-order valence-electron chi connectivity index (χ2n) is 4.15. The monoisotopic (exact) mass is 261 g/mol. The molecule has 100 valence electrons. The van der Waals surface area contributed by atoms with Gasteiger partial charge in [-0.3, -0.25) is 4.74 Å². The summed E-state index contributed by atoms with van der Waals surface area (Å²) in [7, 11) is 0. The Balaban J connectivity index is 1.84. The summed E-state index contributed by atoms with van der Waals surface area (Å²) in [6, 6.07) is 5.47. The van der Waals surface area contributed by atoms with Crippen LogP contribution in [0.15, 0.2) is 18.2 Å². The van der Waals surface area contributed by atoms with Gasteiger partial charge in [0.05, 0.1) is 6.61 Å². The number of nitrogens with two attached hydrogens (primary N) is 1. The molecule has 2 rings (SSSR count). The van der Waals surface area contributed by atoms with E-state index in [4.69, 9.17) is 10.5 Å². The molecule has 0 amide bonds. The number of rotatable bonds is 4. The van der Waals surface area contributed by atoms with Gasteiger partial charge in [-0.05, 0) is 36.1 Å². The van der Waals surface area contributed by atoms with E-state index in [1.54, 1.807) is 6.07 Å². The van der Waals surface area contributed by atoms with Crippen molar-refractivity contribution < 1.29 is 22.6 Å². The van der Waals surface area contributed by atoms with Gasteiger partial charge in [-0.2, -0.15) is 0 Å². The highest BCUT2D eigenvalue weighted by atomic mass is 19.4. The summed E-state index contributed by atoms with van der Waals surface area (Å²) in [4.78, 5) is 0. The Labute approximate surface area is 103 Å². The fourth-order valence-electron chi connectivity index (χ4n) is 2.03. The minimum atomic E-state index is -4.60. The maximum atomic E-state index is 11.7. The van der Waals surface area contributed by atoms with Crippen molar-refractivity contribution in [3.63, 3.8) is 0 Å². The Hall–Kier alpha value is -1.27. The van der Waals surface area contributed by atoms with Crippen LogP contribution in [0.4, 0.5) is 13.2 Å². The Kier molecular flexibility index (Phi) is 3.77. The van der Waals surface area contributed by atoms with Crippen LogP contribution in [-0.2, 0) is 11.2 Å². The lowest BCUT2D eigenvalue weighted by Gasteiger charge is -2.10. The van der Waals surface area contributed by atoms with E-state index >= 15 is 0 Å². The van der Waals surface area contributed by atoms with Gasteiger partial charge in [-0.25, -0.2) is 0 Å². The molecular formula is C12H14F3NO2. The highest BCUT2D eigenvalue weighted by Gasteiger charge is 2.28. The zero-order valence-corrected chi connectivity index (χ0v) is 9.67. The van der Waals surface area contributed by atoms with Crippen molar-refractivity contribution in [1.82, 2.24) is 0 Å². The Morgan fingerprint density at radius 3 is 2.78 bits per heavy atom. The first-order valence-corrected chi connectivity index (χ1v) is 5.67. The average Bonchev–Trinajstić information content (AvgIpc) is 2.65. The van der Waals surface area contributed by atoms with E-state index in [1.807, 2.05) is 12.1 Å². The summed E-state index contributed by atoms with van der Waals surface area (Å²) in [5.41, 5.74) is 8.08. The normalized spacial score (nSPS) is 18.8. The van der Waals surface area contributed by atoms with Gasteiger partial charge in [-0.1, -0.05) is 6.07 Å². The summed E-state index contributed by atoms with van der Waals surface area (Å²) >= 11 is 0. The molecule has 0 radical (unpaired) electrons. The summed E-state index contributed by atoms with van der Waals surface area (Å²) in [6.07, 6.45) is -2.82. The molecule has 1 atom stereocenters. The topological polar surface area (TPSA) is 44.5 Å². The SMILES string of the molecule is NC1CCc2cc(OCCOC(F)(F)F)ccc21. The molecule has 1 aromatic rings. The van der Waals surface area contributed by atoms with Crippen molar-refractivity contribution in [2.45, 2.75) is 25.2 Å². The average molecular weight is 261 g/mol. The zero-order chi connectivity index (χ0) is 13.2. The molecule has 0 fully saturated rings. The van der Waals surface area contributed by atoms with Crippen LogP contribution in [0.5, 0.6) is 5.75 Å². The van der Waals surface area contributed by atoms with Crippen molar-refractivity contribution in [3.8, 4) is 5.75 Å². The van der Waals surface area contributed by atoms with Crippen molar-refractivity contribution in [2.75, 3.05) is 13.2 Å². The maximum Gasteiger partial charge on any atom is 0.522 e. The van der Waals surface area contributed by atoms with Crippen molar-refractivity contribution >= 4 is 0 Å². The fraction of sp³-hybridized carbons (Fsp3) is 0.500. The smallest absolute Gasteiger partial charge is 0.491 e. The highest BCUT2D eigenvalue weighted by Crippen LogP contribution is 2.31. The van der Waals surface area contributed by atoms with Crippen LogP contribution in [0.1, 0.15) is 23.6 Å². The first-order valence-electron chi connectivity index (χ1n) is 5.67. The maximum absolute atomic E-state index is 11.7. The third kappa shape index (κ3) is 3.36. The number of hydrogen-bond acceptors (Lipinski definition) is 3. The molecule has 0 saturated heterocycles. The van der Waals surface area contributed by atoms with Crippen molar-refractivity contribution in [1.29, 1.82) is 0 Å².